The number of halogens is 2. The van der Waals surface area contributed by atoms with E-state index in [0.717, 1.165) is 18.5 Å². The zero-order valence-corrected chi connectivity index (χ0v) is 18.6. The Morgan fingerprint density at radius 1 is 0.917 bits per heavy atom. The molecule has 2 unspecified atom stereocenters. The molecular weight excluding hydrogens is 381 g/mol. The third kappa shape index (κ3) is 5.19. The monoisotopic (exact) mass is 411 g/mol. The van der Waals surface area contributed by atoms with Crippen molar-refractivity contribution < 1.29 is 49.6 Å². The molecule has 0 amide bonds. The predicted octanol–water partition coefficient (Wildman–Crippen LogP) is -1.40. The Morgan fingerprint density at radius 2 is 1.38 bits per heavy atom. The van der Waals surface area contributed by atoms with Gasteiger partial charge in [0.2, 0.25) is 0 Å². The fraction of sp³-hybridized carbons (Fsp3) is 0.722. The van der Waals surface area contributed by atoms with Crippen molar-refractivity contribution in [2.45, 2.75) is 68.7 Å². The van der Waals surface area contributed by atoms with Gasteiger partial charge in [-0.1, -0.05) is 0 Å². The third-order valence-corrected chi connectivity index (χ3v) is 11.9. The quantitative estimate of drug-likeness (QED) is 0.559. The average Bonchev–Trinajstić information content (AvgIpc) is 2.36. The summed E-state index contributed by atoms with van der Waals surface area (Å²) in [6.07, 6.45) is 3.54. The van der Waals surface area contributed by atoms with E-state index >= 15 is 0 Å². The molecule has 0 radical (unpaired) electrons. The van der Waals surface area contributed by atoms with Crippen LogP contribution in [-0.2, 0) is 17.4 Å². The van der Waals surface area contributed by atoms with Crippen molar-refractivity contribution in [3.05, 3.63) is 30.1 Å². The molecule has 1 saturated heterocycles. The van der Waals surface area contributed by atoms with Crippen LogP contribution in [0.15, 0.2) is 24.4 Å². The van der Waals surface area contributed by atoms with E-state index < -0.39 is 17.4 Å². The molecule has 24 heavy (non-hydrogen) atoms. The zero-order valence-electron chi connectivity index (χ0n) is 15.6. The molecule has 1 aromatic heterocycles. The van der Waals surface area contributed by atoms with E-state index in [9.17, 15) is 7.38 Å². The SMILES string of the molecule is CC(C)(C)[CH]1CC(c2ccccn2)C[CH](C(C)(C)C)[Ti+2]1([OH])[OH].[Cl-].[Cl-]. The third-order valence-electron chi connectivity index (χ3n) is 5.26. The summed E-state index contributed by atoms with van der Waals surface area (Å²) >= 11 is -3.91. The summed E-state index contributed by atoms with van der Waals surface area (Å²) in [4.78, 5) is 4.54. The van der Waals surface area contributed by atoms with E-state index in [1.54, 1.807) is 0 Å². The number of pyridine rings is 1. The molecule has 3 nitrogen and oxygen atoms in total. The second-order valence-corrected chi connectivity index (χ2v) is 13.7. The summed E-state index contributed by atoms with van der Waals surface area (Å²) in [5.41, 5.74) is 0.935. The summed E-state index contributed by atoms with van der Waals surface area (Å²) in [5.74, 6) is 0.327. The van der Waals surface area contributed by atoms with Crippen LogP contribution in [0.3, 0.4) is 0 Å². The first-order valence-corrected chi connectivity index (χ1v) is 11.5. The maximum Gasteiger partial charge on any atom is -1.00 e. The number of aromatic nitrogens is 1. The standard InChI is InChI=1S/C18H29N.2ClH.2H2O.Ti/c1-17(2,3)12-10-15(11-13-18(4,5)6)16-9-7-8-14-19-16;;;;;/h7-9,12-15H,10-11H2,1-6H3;2*1H;2*1H2;/q;;;;;+4/p-4. The van der Waals surface area contributed by atoms with Crippen molar-refractivity contribution in [2.75, 3.05) is 0 Å². The molecule has 0 aliphatic carbocycles. The average molecular weight is 412 g/mol. The van der Waals surface area contributed by atoms with E-state index in [-0.39, 0.29) is 44.1 Å². The van der Waals surface area contributed by atoms with Crippen molar-refractivity contribution in [3.63, 3.8) is 0 Å². The Labute approximate surface area is 163 Å². The Kier molecular flexibility index (Phi) is 8.50. The largest absolute Gasteiger partial charge is 1.00 e. The molecule has 1 aliphatic rings. The van der Waals surface area contributed by atoms with Crippen molar-refractivity contribution in [1.29, 1.82) is 0 Å². The first-order valence-electron chi connectivity index (χ1n) is 8.29. The van der Waals surface area contributed by atoms with Crippen molar-refractivity contribution in [1.82, 2.24) is 4.98 Å². The molecule has 0 spiro atoms. The van der Waals surface area contributed by atoms with Crippen LogP contribution in [0.2, 0.25) is 8.45 Å². The van der Waals surface area contributed by atoms with Gasteiger partial charge < -0.3 is 24.8 Å². The normalized spacial score (nSPS) is 25.6. The Bertz CT molecular complexity index is 486. The molecule has 0 bridgehead atoms. The number of hydrogen-bond donors (Lipinski definition) is 2. The minimum Gasteiger partial charge on any atom is -1.00 e. The summed E-state index contributed by atoms with van der Waals surface area (Å²) in [5, 5.41) is 0. The minimum atomic E-state index is -3.91. The van der Waals surface area contributed by atoms with Crippen LogP contribution in [0.25, 0.3) is 0 Å². The van der Waals surface area contributed by atoms with Crippen LogP contribution >= 0.6 is 0 Å². The first kappa shape index (κ1) is 24.4. The van der Waals surface area contributed by atoms with Crippen LogP contribution < -0.4 is 24.8 Å². The fourth-order valence-corrected chi connectivity index (χ4v) is 10.8. The molecule has 1 aliphatic heterocycles. The van der Waals surface area contributed by atoms with Gasteiger partial charge in [-0.25, -0.2) is 0 Å². The van der Waals surface area contributed by atoms with E-state index in [4.69, 9.17) is 0 Å². The van der Waals surface area contributed by atoms with E-state index in [0.29, 0.717) is 5.92 Å². The Morgan fingerprint density at radius 3 is 1.71 bits per heavy atom. The summed E-state index contributed by atoms with van der Waals surface area (Å²) in [6.45, 7) is 12.9. The smallest absolute Gasteiger partial charge is 1.00 e. The van der Waals surface area contributed by atoms with Crippen LogP contribution in [0, 0.1) is 10.8 Å². The van der Waals surface area contributed by atoms with Gasteiger partial charge in [0.25, 0.3) is 0 Å². The number of rotatable bonds is 1. The summed E-state index contributed by atoms with van der Waals surface area (Å²) < 4.78 is 22.3. The van der Waals surface area contributed by atoms with Crippen LogP contribution in [-0.4, -0.2) is 12.4 Å². The predicted molar refractivity (Wildman–Crippen MR) is 87.1 cm³/mol. The zero-order chi connectivity index (χ0) is 16.8. The summed E-state index contributed by atoms with van der Waals surface area (Å²) in [6, 6.07) is 6.05. The molecule has 1 fully saturated rings. The van der Waals surface area contributed by atoms with Gasteiger partial charge in [-0.05, 0) is 0 Å². The van der Waals surface area contributed by atoms with Gasteiger partial charge in [0.05, 0.1) is 0 Å². The van der Waals surface area contributed by atoms with Crippen molar-refractivity contribution in [2.24, 2.45) is 10.8 Å². The van der Waals surface area contributed by atoms with Crippen LogP contribution in [0.1, 0.15) is 66.0 Å². The molecule has 2 rings (SSSR count). The van der Waals surface area contributed by atoms with Crippen molar-refractivity contribution >= 4 is 0 Å². The van der Waals surface area contributed by atoms with Crippen LogP contribution in [0.5, 0.6) is 0 Å². The van der Waals surface area contributed by atoms with E-state index in [1.165, 1.54) is 0 Å². The van der Waals surface area contributed by atoms with Gasteiger partial charge in [0.1, 0.15) is 0 Å². The second kappa shape index (κ2) is 8.37. The number of hydrogen-bond acceptors (Lipinski definition) is 3. The summed E-state index contributed by atoms with van der Waals surface area (Å²) in [7, 11) is 0. The molecule has 2 N–H and O–H groups in total. The van der Waals surface area contributed by atoms with Gasteiger partial charge in [-0.2, -0.15) is 0 Å². The number of nitrogens with zero attached hydrogens (tertiary/aromatic N) is 1. The molecule has 0 saturated carbocycles. The van der Waals surface area contributed by atoms with Gasteiger partial charge in [-0.15, -0.1) is 0 Å². The van der Waals surface area contributed by atoms with Crippen molar-refractivity contribution in [3.8, 4) is 0 Å². The fourth-order valence-electron chi connectivity index (χ4n) is 4.10. The van der Waals surface area contributed by atoms with E-state index in [1.807, 2.05) is 18.3 Å². The minimum absolute atomic E-state index is 0. The Hall–Kier alpha value is 0.364. The van der Waals surface area contributed by atoms with E-state index in [2.05, 4.69) is 52.6 Å². The molecule has 0 aromatic carbocycles. The van der Waals surface area contributed by atoms with Gasteiger partial charge in [0, 0.05) is 0 Å². The maximum absolute atomic E-state index is 11.2. The molecule has 2 atom stereocenters. The van der Waals surface area contributed by atoms with Gasteiger partial charge in [-0.3, -0.25) is 0 Å². The topological polar surface area (TPSA) is 53.4 Å². The first-order chi connectivity index (χ1) is 9.94. The van der Waals surface area contributed by atoms with Gasteiger partial charge in [0.15, 0.2) is 0 Å². The molecule has 2 heterocycles. The molecule has 138 valence electrons. The van der Waals surface area contributed by atoms with Crippen LogP contribution in [0.4, 0.5) is 0 Å². The molecular formula is C18H31Cl2NO2Ti. The van der Waals surface area contributed by atoms with Gasteiger partial charge >= 0.3 is 139 Å². The Balaban J connectivity index is 0.00000264. The maximum atomic E-state index is 11.2. The second-order valence-electron chi connectivity index (χ2n) is 9.04. The molecule has 1 aromatic rings. The molecule has 6 heteroatoms.